The number of aryl methyl sites for hydroxylation is 1. The van der Waals surface area contributed by atoms with Gasteiger partial charge in [-0.2, -0.15) is 0 Å². The first-order chi connectivity index (χ1) is 12.7. The van der Waals surface area contributed by atoms with Gasteiger partial charge in [0.1, 0.15) is 11.5 Å². The number of methoxy groups -OCH3 is 1. The SMILES string of the molecule is COc1ccc(OCC(=O)N2CCN(Cc3ccccc3C)CC2)cc1. The lowest BCUT2D eigenvalue weighted by Gasteiger charge is -2.35. The Hall–Kier alpha value is -2.53. The first kappa shape index (κ1) is 18.3. The molecule has 1 aliphatic rings. The number of ether oxygens (including phenoxy) is 2. The third-order valence-electron chi connectivity index (χ3n) is 4.80. The predicted octanol–water partition coefficient (Wildman–Crippen LogP) is 2.73. The molecule has 1 fully saturated rings. The molecule has 5 nitrogen and oxygen atoms in total. The number of carbonyl (C=O) groups excluding carboxylic acids is 1. The molecular formula is C21H26N2O3. The van der Waals surface area contributed by atoms with Gasteiger partial charge in [-0.3, -0.25) is 9.69 Å². The Morgan fingerprint density at radius 3 is 2.27 bits per heavy atom. The van der Waals surface area contributed by atoms with E-state index in [0.29, 0.717) is 5.75 Å². The normalized spacial score (nSPS) is 14.9. The molecule has 0 spiro atoms. The molecule has 138 valence electrons. The van der Waals surface area contributed by atoms with Gasteiger partial charge in [0.15, 0.2) is 6.61 Å². The van der Waals surface area contributed by atoms with Crippen LogP contribution in [0, 0.1) is 6.92 Å². The Morgan fingerprint density at radius 2 is 1.62 bits per heavy atom. The molecule has 0 saturated carbocycles. The topological polar surface area (TPSA) is 42.0 Å². The molecule has 1 aliphatic heterocycles. The maximum Gasteiger partial charge on any atom is 0.260 e. The summed E-state index contributed by atoms with van der Waals surface area (Å²) in [5, 5.41) is 0. The molecule has 0 N–H and O–H groups in total. The molecule has 0 bridgehead atoms. The van der Waals surface area contributed by atoms with E-state index >= 15 is 0 Å². The largest absolute Gasteiger partial charge is 0.497 e. The average molecular weight is 354 g/mol. The third-order valence-corrected chi connectivity index (χ3v) is 4.80. The van der Waals surface area contributed by atoms with E-state index in [-0.39, 0.29) is 12.5 Å². The van der Waals surface area contributed by atoms with Crippen LogP contribution in [0.4, 0.5) is 0 Å². The first-order valence-electron chi connectivity index (χ1n) is 8.97. The van der Waals surface area contributed by atoms with Crippen LogP contribution in [0.15, 0.2) is 48.5 Å². The lowest BCUT2D eigenvalue weighted by molar-refractivity contribution is -0.135. The summed E-state index contributed by atoms with van der Waals surface area (Å²) in [6, 6.07) is 15.7. The maximum absolute atomic E-state index is 12.4. The maximum atomic E-state index is 12.4. The Balaban J connectivity index is 1.43. The van der Waals surface area contributed by atoms with Crippen LogP contribution in [-0.2, 0) is 11.3 Å². The molecule has 0 unspecified atom stereocenters. The molecular weight excluding hydrogens is 328 g/mol. The van der Waals surface area contributed by atoms with Gasteiger partial charge in [0.05, 0.1) is 7.11 Å². The van der Waals surface area contributed by atoms with E-state index in [1.807, 2.05) is 29.2 Å². The van der Waals surface area contributed by atoms with Crippen LogP contribution in [0.25, 0.3) is 0 Å². The standard InChI is InChI=1S/C21H26N2O3/c1-17-5-3-4-6-18(17)15-22-11-13-23(14-12-22)21(24)16-26-20-9-7-19(25-2)8-10-20/h3-10H,11-16H2,1-2H3. The van der Waals surface area contributed by atoms with E-state index in [2.05, 4.69) is 36.1 Å². The van der Waals surface area contributed by atoms with Crippen molar-refractivity contribution >= 4 is 5.91 Å². The first-order valence-corrected chi connectivity index (χ1v) is 8.97. The molecule has 2 aromatic carbocycles. The summed E-state index contributed by atoms with van der Waals surface area (Å²) in [4.78, 5) is 16.7. The number of rotatable bonds is 6. The monoisotopic (exact) mass is 354 g/mol. The highest BCUT2D eigenvalue weighted by Crippen LogP contribution is 2.17. The lowest BCUT2D eigenvalue weighted by Crippen LogP contribution is -2.49. The summed E-state index contributed by atoms with van der Waals surface area (Å²) in [6.07, 6.45) is 0. The minimum Gasteiger partial charge on any atom is -0.497 e. The Morgan fingerprint density at radius 1 is 0.962 bits per heavy atom. The second-order valence-electron chi connectivity index (χ2n) is 6.55. The van der Waals surface area contributed by atoms with Crippen molar-refractivity contribution in [2.45, 2.75) is 13.5 Å². The van der Waals surface area contributed by atoms with Crippen molar-refractivity contribution < 1.29 is 14.3 Å². The Kier molecular flexibility index (Phi) is 6.12. The fourth-order valence-corrected chi connectivity index (χ4v) is 3.09. The Bertz CT molecular complexity index is 722. The number of nitrogens with zero attached hydrogens (tertiary/aromatic N) is 2. The van der Waals surface area contributed by atoms with E-state index in [1.165, 1.54) is 11.1 Å². The molecule has 26 heavy (non-hydrogen) atoms. The number of hydrogen-bond donors (Lipinski definition) is 0. The number of benzene rings is 2. The van der Waals surface area contributed by atoms with Crippen molar-refractivity contribution in [2.24, 2.45) is 0 Å². The molecule has 5 heteroatoms. The van der Waals surface area contributed by atoms with Gasteiger partial charge in [-0.25, -0.2) is 0 Å². The van der Waals surface area contributed by atoms with Gasteiger partial charge in [-0.05, 0) is 42.3 Å². The van der Waals surface area contributed by atoms with Crippen LogP contribution in [0.2, 0.25) is 0 Å². The van der Waals surface area contributed by atoms with E-state index in [4.69, 9.17) is 9.47 Å². The van der Waals surface area contributed by atoms with Crippen LogP contribution in [0.1, 0.15) is 11.1 Å². The molecule has 3 rings (SSSR count). The number of hydrogen-bond acceptors (Lipinski definition) is 4. The fourth-order valence-electron chi connectivity index (χ4n) is 3.09. The average Bonchev–Trinajstić information content (AvgIpc) is 2.69. The zero-order chi connectivity index (χ0) is 18.4. The Labute approximate surface area is 155 Å². The van der Waals surface area contributed by atoms with E-state index in [9.17, 15) is 4.79 Å². The fraction of sp³-hybridized carbons (Fsp3) is 0.381. The summed E-state index contributed by atoms with van der Waals surface area (Å²) in [5.41, 5.74) is 2.68. The summed E-state index contributed by atoms with van der Waals surface area (Å²) < 4.78 is 10.7. The molecule has 2 aromatic rings. The smallest absolute Gasteiger partial charge is 0.260 e. The van der Waals surface area contributed by atoms with Gasteiger partial charge in [0.2, 0.25) is 0 Å². The van der Waals surface area contributed by atoms with E-state index in [0.717, 1.165) is 38.5 Å². The van der Waals surface area contributed by atoms with Crippen molar-refractivity contribution in [1.29, 1.82) is 0 Å². The summed E-state index contributed by atoms with van der Waals surface area (Å²) in [7, 11) is 1.62. The zero-order valence-corrected chi connectivity index (χ0v) is 15.5. The van der Waals surface area contributed by atoms with Crippen molar-refractivity contribution in [3.63, 3.8) is 0 Å². The van der Waals surface area contributed by atoms with Gasteiger partial charge < -0.3 is 14.4 Å². The minimum atomic E-state index is 0.0383. The highest BCUT2D eigenvalue weighted by molar-refractivity contribution is 5.77. The zero-order valence-electron chi connectivity index (χ0n) is 15.5. The second kappa shape index (κ2) is 8.72. The van der Waals surface area contributed by atoms with Crippen molar-refractivity contribution in [2.75, 3.05) is 39.9 Å². The lowest BCUT2D eigenvalue weighted by atomic mass is 10.1. The molecule has 0 aliphatic carbocycles. The third kappa shape index (κ3) is 4.76. The quantitative estimate of drug-likeness (QED) is 0.800. The van der Waals surface area contributed by atoms with Crippen LogP contribution in [0.5, 0.6) is 11.5 Å². The van der Waals surface area contributed by atoms with Crippen LogP contribution in [-0.4, -0.2) is 55.6 Å². The van der Waals surface area contributed by atoms with E-state index < -0.39 is 0 Å². The van der Waals surface area contributed by atoms with Crippen molar-refractivity contribution in [1.82, 2.24) is 9.80 Å². The molecule has 1 heterocycles. The summed E-state index contributed by atoms with van der Waals surface area (Å²) in [5.74, 6) is 1.49. The van der Waals surface area contributed by atoms with Gasteiger partial charge >= 0.3 is 0 Å². The predicted molar refractivity (Wildman–Crippen MR) is 102 cm³/mol. The van der Waals surface area contributed by atoms with Crippen molar-refractivity contribution in [3.8, 4) is 11.5 Å². The van der Waals surface area contributed by atoms with Crippen LogP contribution >= 0.6 is 0 Å². The van der Waals surface area contributed by atoms with E-state index in [1.54, 1.807) is 7.11 Å². The number of piperazine rings is 1. The highest BCUT2D eigenvalue weighted by atomic mass is 16.5. The molecule has 0 atom stereocenters. The van der Waals surface area contributed by atoms with Crippen molar-refractivity contribution in [3.05, 3.63) is 59.7 Å². The number of carbonyl (C=O) groups is 1. The molecule has 1 saturated heterocycles. The van der Waals surface area contributed by atoms with Crippen LogP contribution < -0.4 is 9.47 Å². The van der Waals surface area contributed by atoms with Gasteiger partial charge in [0, 0.05) is 32.7 Å². The van der Waals surface area contributed by atoms with Gasteiger partial charge in [0.25, 0.3) is 5.91 Å². The minimum absolute atomic E-state index is 0.0383. The van der Waals surface area contributed by atoms with Crippen LogP contribution in [0.3, 0.4) is 0 Å². The number of amides is 1. The second-order valence-corrected chi connectivity index (χ2v) is 6.55. The van der Waals surface area contributed by atoms with Gasteiger partial charge in [-0.1, -0.05) is 24.3 Å². The highest BCUT2D eigenvalue weighted by Gasteiger charge is 2.21. The molecule has 1 amide bonds. The molecule has 0 radical (unpaired) electrons. The summed E-state index contributed by atoms with van der Waals surface area (Å²) >= 11 is 0. The van der Waals surface area contributed by atoms with Gasteiger partial charge in [-0.15, -0.1) is 0 Å². The summed E-state index contributed by atoms with van der Waals surface area (Å²) in [6.45, 7) is 6.44. The molecule has 0 aromatic heterocycles.